The Kier molecular flexibility index (Phi) is 15.7. The van der Waals surface area contributed by atoms with Gasteiger partial charge in [0.1, 0.15) is 37.3 Å². The number of ether oxygens (including phenoxy) is 11. The molecule has 2 fully saturated rings. The van der Waals surface area contributed by atoms with Crippen molar-refractivity contribution in [2.75, 3.05) is 18.5 Å². The van der Waals surface area contributed by atoms with E-state index in [1.165, 1.54) is 31.2 Å². The van der Waals surface area contributed by atoms with Gasteiger partial charge in [0.05, 0.1) is 0 Å². The molecule has 2 aliphatic rings. The van der Waals surface area contributed by atoms with Crippen LogP contribution in [0.2, 0.25) is 0 Å². The van der Waals surface area contributed by atoms with Crippen LogP contribution in [0, 0.1) is 0 Å². The molecule has 20 heteroatoms. The molecule has 0 unspecified atom stereocenters. The lowest BCUT2D eigenvalue weighted by atomic mass is 9.96. The SMILES string of the molecule is CC(=O)Nc1ccc(O[C@@H]2O[C@H](COC(C)=O)[C@@H](O[C@@H]3O[C@H](COC(C)=O)[C@H](OC(C)=O)[C@H](OC(C)=O)[C@H]3OC(C)=O)[C@H](OC(C)=O)[C@H]2OC(C)=O)cc1. The smallest absolute Gasteiger partial charge is 0.303 e. The molecule has 0 bridgehead atoms. The minimum absolute atomic E-state index is 0.137. The summed E-state index contributed by atoms with van der Waals surface area (Å²) in [5, 5.41) is 2.60. The van der Waals surface area contributed by atoms with Crippen LogP contribution < -0.4 is 10.1 Å². The van der Waals surface area contributed by atoms with Crippen molar-refractivity contribution in [1.29, 1.82) is 0 Å². The van der Waals surface area contributed by atoms with Crippen molar-refractivity contribution in [3.63, 3.8) is 0 Å². The van der Waals surface area contributed by atoms with E-state index >= 15 is 0 Å². The summed E-state index contributed by atoms with van der Waals surface area (Å²) in [5.41, 5.74) is 0.430. The maximum absolute atomic E-state index is 12.6. The van der Waals surface area contributed by atoms with Gasteiger partial charge in [-0.1, -0.05) is 0 Å². The second kappa shape index (κ2) is 19.7. The number of nitrogens with one attached hydrogen (secondary N) is 1. The van der Waals surface area contributed by atoms with Crippen LogP contribution in [0.1, 0.15) is 55.4 Å². The summed E-state index contributed by atoms with van der Waals surface area (Å²) in [6.07, 6.45) is -16.0. The lowest BCUT2D eigenvalue weighted by Gasteiger charge is -2.48. The average molecular weight is 770 g/mol. The molecule has 2 saturated heterocycles. The van der Waals surface area contributed by atoms with Crippen LogP contribution in [0.25, 0.3) is 0 Å². The van der Waals surface area contributed by atoms with E-state index in [1.807, 2.05) is 0 Å². The highest BCUT2D eigenvalue weighted by Crippen LogP contribution is 2.36. The minimum Gasteiger partial charge on any atom is -0.463 e. The normalized spacial score (nSPS) is 27.6. The molecule has 2 heterocycles. The van der Waals surface area contributed by atoms with E-state index in [0.717, 1.165) is 48.5 Å². The fourth-order valence-corrected chi connectivity index (χ4v) is 5.52. The average Bonchev–Trinajstić information content (AvgIpc) is 3.04. The van der Waals surface area contributed by atoms with E-state index in [9.17, 15) is 38.4 Å². The minimum atomic E-state index is -1.83. The van der Waals surface area contributed by atoms with Gasteiger partial charge in [-0.25, -0.2) is 0 Å². The maximum atomic E-state index is 12.6. The molecule has 298 valence electrons. The van der Waals surface area contributed by atoms with Crippen LogP contribution in [0.15, 0.2) is 24.3 Å². The first-order valence-corrected chi connectivity index (χ1v) is 16.5. The molecule has 20 nitrogen and oxygen atoms in total. The van der Waals surface area contributed by atoms with Crippen molar-refractivity contribution in [2.45, 2.75) is 117 Å². The number of rotatable bonds is 14. The predicted octanol–water partition coefficient (Wildman–Crippen LogP) is 0.644. The van der Waals surface area contributed by atoms with Gasteiger partial charge in [-0.15, -0.1) is 0 Å². The van der Waals surface area contributed by atoms with Gasteiger partial charge in [0.2, 0.25) is 18.3 Å². The van der Waals surface area contributed by atoms with Gasteiger partial charge < -0.3 is 57.4 Å². The van der Waals surface area contributed by atoms with Gasteiger partial charge in [-0.3, -0.25) is 38.4 Å². The third kappa shape index (κ3) is 13.0. The molecule has 1 amide bonds. The number of esters is 7. The van der Waals surface area contributed by atoms with Crippen molar-refractivity contribution < 1.29 is 90.5 Å². The Bertz CT molecular complexity index is 1550. The van der Waals surface area contributed by atoms with Gasteiger partial charge in [0.25, 0.3) is 0 Å². The zero-order valence-corrected chi connectivity index (χ0v) is 30.8. The van der Waals surface area contributed by atoms with Crippen molar-refractivity contribution in [1.82, 2.24) is 0 Å². The van der Waals surface area contributed by atoms with E-state index in [-0.39, 0.29) is 11.7 Å². The van der Waals surface area contributed by atoms with E-state index in [2.05, 4.69) is 5.32 Å². The van der Waals surface area contributed by atoms with Gasteiger partial charge in [-0.2, -0.15) is 0 Å². The third-order valence-electron chi connectivity index (χ3n) is 7.31. The molecular weight excluding hydrogens is 726 g/mol. The fraction of sp³-hybridized carbons (Fsp3) is 0.588. The molecule has 0 spiro atoms. The first-order chi connectivity index (χ1) is 25.3. The van der Waals surface area contributed by atoms with Crippen LogP contribution in [-0.4, -0.2) is 122 Å². The van der Waals surface area contributed by atoms with Crippen LogP contribution in [-0.2, 0) is 85.7 Å². The largest absolute Gasteiger partial charge is 0.463 e. The number of carbonyl (C=O) groups is 8. The van der Waals surface area contributed by atoms with Crippen LogP contribution in [0.5, 0.6) is 5.75 Å². The Balaban J connectivity index is 2.15. The molecular formula is C34H43NO19. The molecule has 1 N–H and O–H groups in total. The van der Waals surface area contributed by atoms with Gasteiger partial charge >= 0.3 is 41.8 Å². The molecule has 0 aromatic heterocycles. The van der Waals surface area contributed by atoms with Gasteiger partial charge in [0, 0.05) is 61.1 Å². The number of amides is 1. The van der Waals surface area contributed by atoms with E-state index in [4.69, 9.17) is 52.1 Å². The summed E-state index contributed by atoms with van der Waals surface area (Å²) >= 11 is 0. The Hall–Kier alpha value is -5.34. The zero-order chi connectivity index (χ0) is 40.3. The monoisotopic (exact) mass is 769 g/mol. The van der Waals surface area contributed by atoms with Gasteiger partial charge in [-0.05, 0) is 24.3 Å². The topological polar surface area (TPSA) is 250 Å². The van der Waals surface area contributed by atoms with Crippen molar-refractivity contribution in [2.24, 2.45) is 0 Å². The Morgan fingerprint density at radius 3 is 1.33 bits per heavy atom. The summed E-state index contributed by atoms with van der Waals surface area (Å²) in [7, 11) is 0. The molecule has 3 rings (SSSR count). The highest BCUT2D eigenvalue weighted by molar-refractivity contribution is 5.88. The summed E-state index contributed by atoms with van der Waals surface area (Å²) in [6.45, 7) is 7.54. The molecule has 1 aromatic carbocycles. The van der Waals surface area contributed by atoms with Crippen molar-refractivity contribution in [3.8, 4) is 5.75 Å². The molecule has 0 radical (unpaired) electrons. The molecule has 2 aliphatic heterocycles. The van der Waals surface area contributed by atoms with Gasteiger partial charge in [0.15, 0.2) is 30.7 Å². The molecule has 10 atom stereocenters. The number of carbonyl (C=O) groups excluding carboxylic acids is 8. The van der Waals surface area contributed by atoms with E-state index in [0.29, 0.717) is 5.69 Å². The maximum Gasteiger partial charge on any atom is 0.303 e. The van der Waals surface area contributed by atoms with Crippen molar-refractivity contribution in [3.05, 3.63) is 24.3 Å². The van der Waals surface area contributed by atoms with E-state index < -0.39 is 116 Å². The molecule has 1 aromatic rings. The Morgan fingerprint density at radius 2 is 0.889 bits per heavy atom. The lowest BCUT2D eigenvalue weighted by Crippen LogP contribution is -2.67. The van der Waals surface area contributed by atoms with Crippen LogP contribution >= 0.6 is 0 Å². The summed E-state index contributed by atoms with van der Waals surface area (Å²) in [6, 6.07) is 5.94. The van der Waals surface area contributed by atoms with Crippen LogP contribution in [0.3, 0.4) is 0 Å². The quantitative estimate of drug-likeness (QED) is 0.201. The predicted molar refractivity (Wildman–Crippen MR) is 175 cm³/mol. The first kappa shape index (κ1) is 43.1. The Labute approximate surface area is 309 Å². The lowest BCUT2D eigenvalue weighted by molar-refractivity contribution is -0.354. The number of hydrogen-bond acceptors (Lipinski definition) is 19. The second-order valence-corrected chi connectivity index (χ2v) is 12.0. The van der Waals surface area contributed by atoms with Crippen LogP contribution in [0.4, 0.5) is 5.69 Å². The van der Waals surface area contributed by atoms with Crippen molar-refractivity contribution >= 4 is 53.4 Å². The summed E-state index contributed by atoms with van der Waals surface area (Å²) in [4.78, 5) is 97.3. The standard InChI is InChI=1S/C34H43NO19/c1-15(36)35-23-9-11-24(12-10-23)51-33-31(49-21(7)42)30(48-20(6)41)28(26(52-33)14-45-17(3)38)54-34-32(50-22(8)43)29(47-19(5)40)27(46-18(4)39)25(53-34)13-44-16(2)37/h9-12,25-34H,13-14H2,1-8H3,(H,35,36)/t25-,26-,27+,28-,29+,30+,31-,32-,33-,34+/m1/s1. The molecule has 54 heavy (non-hydrogen) atoms. The molecule has 0 aliphatic carbocycles. The highest BCUT2D eigenvalue weighted by Gasteiger charge is 2.58. The highest BCUT2D eigenvalue weighted by atomic mass is 16.8. The first-order valence-electron chi connectivity index (χ1n) is 16.5. The summed E-state index contributed by atoms with van der Waals surface area (Å²) in [5.74, 6) is -6.20. The summed E-state index contributed by atoms with van der Waals surface area (Å²) < 4.78 is 62.4. The third-order valence-corrected chi connectivity index (χ3v) is 7.31. The molecule has 0 saturated carbocycles. The second-order valence-electron chi connectivity index (χ2n) is 12.0. The zero-order valence-electron chi connectivity index (χ0n) is 30.8. The fourth-order valence-electron chi connectivity index (χ4n) is 5.52. The number of anilines is 1. The number of hydrogen-bond donors (Lipinski definition) is 1. The van der Waals surface area contributed by atoms with E-state index in [1.54, 1.807) is 0 Å². The number of benzene rings is 1. The Morgan fingerprint density at radius 1 is 0.500 bits per heavy atom.